The van der Waals surface area contributed by atoms with Gasteiger partial charge in [-0.25, -0.2) is 13.1 Å². The Kier molecular flexibility index (Phi) is 4.76. The third-order valence-electron chi connectivity index (χ3n) is 3.15. The maximum Gasteiger partial charge on any atom is 0.234 e. The summed E-state index contributed by atoms with van der Waals surface area (Å²) in [5.41, 5.74) is 1.79. The molecule has 0 aliphatic heterocycles. The highest BCUT2D eigenvalue weighted by Crippen LogP contribution is 2.25. The lowest BCUT2D eigenvalue weighted by molar-refractivity contribution is 0.582. The standard InChI is InChI=1S/C17H15NO3S2/c19-23(20,10-8-14-5-2-1-3-6-14)18-12-16-11-15(13-22-16)17-7-4-9-21-17/h1-11,13,18H,12H2. The quantitative estimate of drug-likeness (QED) is 0.732. The number of benzene rings is 1. The van der Waals surface area contributed by atoms with Crippen molar-refractivity contribution < 1.29 is 12.8 Å². The molecule has 0 saturated heterocycles. The summed E-state index contributed by atoms with van der Waals surface area (Å²) in [4.78, 5) is 0.924. The van der Waals surface area contributed by atoms with E-state index >= 15 is 0 Å². The first-order chi connectivity index (χ1) is 11.1. The molecule has 0 aliphatic carbocycles. The highest BCUT2D eigenvalue weighted by atomic mass is 32.2. The number of nitrogens with one attached hydrogen (secondary N) is 1. The van der Waals surface area contributed by atoms with Gasteiger partial charge in [-0.15, -0.1) is 11.3 Å². The van der Waals surface area contributed by atoms with E-state index in [0.29, 0.717) is 0 Å². The highest BCUT2D eigenvalue weighted by Gasteiger charge is 2.08. The van der Waals surface area contributed by atoms with Crippen molar-refractivity contribution in [1.29, 1.82) is 0 Å². The normalized spacial score (nSPS) is 12.0. The predicted octanol–water partition coefficient (Wildman–Crippen LogP) is 4.10. The average molecular weight is 345 g/mol. The molecular weight excluding hydrogens is 330 g/mol. The van der Waals surface area contributed by atoms with Crippen molar-refractivity contribution in [1.82, 2.24) is 4.72 Å². The van der Waals surface area contributed by atoms with Crippen LogP contribution in [0.4, 0.5) is 0 Å². The van der Waals surface area contributed by atoms with Gasteiger partial charge in [-0.2, -0.15) is 0 Å². The van der Waals surface area contributed by atoms with Gasteiger partial charge in [0.05, 0.1) is 6.26 Å². The molecule has 1 N–H and O–H groups in total. The van der Waals surface area contributed by atoms with Crippen LogP contribution in [0.5, 0.6) is 0 Å². The van der Waals surface area contributed by atoms with Gasteiger partial charge < -0.3 is 4.42 Å². The fourth-order valence-corrected chi connectivity index (χ4v) is 3.69. The molecule has 0 aliphatic rings. The molecule has 3 aromatic rings. The minimum absolute atomic E-state index is 0.257. The lowest BCUT2D eigenvalue weighted by atomic mass is 10.2. The fourth-order valence-electron chi connectivity index (χ4n) is 2.00. The number of furan rings is 1. The van der Waals surface area contributed by atoms with Crippen LogP contribution in [-0.2, 0) is 16.6 Å². The van der Waals surface area contributed by atoms with Crippen molar-refractivity contribution in [2.45, 2.75) is 6.54 Å². The summed E-state index contributed by atoms with van der Waals surface area (Å²) in [6.07, 6.45) is 3.19. The van der Waals surface area contributed by atoms with Crippen LogP contribution in [-0.4, -0.2) is 8.42 Å². The average Bonchev–Trinajstić information content (AvgIpc) is 3.23. The Morgan fingerprint density at radius 3 is 2.70 bits per heavy atom. The Labute approximate surface area is 139 Å². The van der Waals surface area contributed by atoms with Crippen LogP contribution < -0.4 is 4.72 Å². The molecule has 0 spiro atoms. The maximum absolute atomic E-state index is 12.0. The van der Waals surface area contributed by atoms with Crippen LogP contribution >= 0.6 is 11.3 Å². The van der Waals surface area contributed by atoms with Crippen LogP contribution in [0.15, 0.2) is 70.0 Å². The van der Waals surface area contributed by atoms with Gasteiger partial charge in [0.15, 0.2) is 0 Å². The third-order valence-corrected chi connectivity index (χ3v) is 5.12. The summed E-state index contributed by atoms with van der Waals surface area (Å²) in [6.45, 7) is 0.257. The molecule has 0 amide bonds. The highest BCUT2D eigenvalue weighted by molar-refractivity contribution is 7.92. The van der Waals surface area contributed by atoms with Gasteiger partial charge in [-0.05, 0) is 29.8 Å². The fraction of sp³-hybridized carbons (Fsp3) is 0.0588. The summed E-state index contributed by atoms with van der Waals surface area (Å²) < 4.78 is 31.9. The zero-order valence-electron chi connectivity index (χ0n) is 12.2. The van der Waals surface area contributed by atoms with E-state index in [9.17, 15) is 8.42 Å². The second-order valence-corrected chi connectivity index (χ2v) is 7.51. The van der Waals surface area contributed by atoms with E-state index < -0.39 is 10.0 Å². The first kappa shape index (κ1) is 15.7. The maximum atomic E-state index is 12.0. The molecule has 0 radical (unpaired) electrons. The van der Waals surface area contributed by atoms with E-state index in [2.05, 4.69) is 4.72 Å². The molecule has 6 heteroatoms. The van der Waals surface area contributed by atoms with Crippen molar-refractivity contribution in [3.63, 3.8) is 0 Å². The molecule has 0 bridgehead atoms. The van der Waals surface area contributed by atoms with Gasteiger partial charge in [0.2, 0.25) is 10.0 Å². The number of rotatable bonds is 6. The van der Waals surface area contributed by atoms with E-state index in [1.807, 2.05) is 53.9 Å². The lowest BCUT2D eigenvalue weighted by Crippen LogP contribution is -2.19. The minimum Gasteiger partial charge on any atom is -0.464 e. The largest absolute Gasteiger partial charge is 0.464 e. The van der Waals surface area contributed by atoms with Gasteiger partial charge in [0, 0.05) is 27.8 Å². The van der Waals surface area contributed by atoms with E-state index in [4.69, 9.17) is 4.42 Å². The Balaban J connectivity index is 1.62. The monoisotopic (exact) mass is 345 g/mol. The van der Waals surface area contributed by atoms with Gasteiger partial charge >= 0.3 is 0 Å². The van der Waals surface area contributed by atoms with Crippen LogP contribution in [0.25, 0.3) is 17.4 Å². The van der Waals surface area contributed by atoms with E-state index in [1.54, 1.807) is 12.3 Å². The Bertz CT molecular complexity index is 879. The molecule has 118 valence electrons. The lowest BCUT2D eigenvalue weighted by Gasteiger charge is -2.00. The number of thiophene rings is 1. The molecule has 4 nitrogen and oxygen atoms in total. The predicted molar refractivity (Wildman–Crippen MR) is 93.3 cm³/mol. The van der Waals surface area contributed by atoms with Gasteiger partial charge in [-0.1, -0.05) is 30.3 Å². The molecule has 0 fully saturated rings. The van der Waals surface area contributed by atoms with Crippen LogP contribution in [0, 0.1) is 0 Å². The minimum atomic E-state index is -3.47. The number of sulfonamides is 1. The summed E-state index contributed by atoms with van der Waals surface area (Å²) >= 11 is 1.49. The second kappa shape index (κ2) is 6.95. The molecular formula is C17H15NO3S2. The van der Waals surface area contributed by atoms with E-state index in [1.165, 1.54) is 16.7 Å². The first-order valence-corrected chi connectivity index (χ1v) is 9.39. The van der Waals surface area contributed by atoms with Crippen molar-refractivity contribution in [3.05, 3.63) is 76.0 Å². The van der Waals surface area contributed by atoms with Gasteiger partial charge in [0.25, 0.3) is 0 Å². The van der Waals surface area contributed by atoms with Crippen LogP contribution in [0.1, 0.15) is 10.4 Å². The van der Waals surface area contributed by atoms with Crippen molar-refractivity contribution >= 4 is 27.4 Å². The second-order valence-electron chi connectivity index (χ2n) is 4.86. The molecule has 0 unspecified atom stereocenters. The smallest absolute Gasteiger partial charge is 0.234 e. The van der Waals surface area contributed by atoms with Gasteiger partial charge in [0.1, 0.15) is 5.76 Å². The molecule has 0 atom stereocenters. The molecule has 2 heterocycles. The molecule has 2 aromatic heterocycles. The Hall–Kier alpha value is -2.15. The van der Waals surface area contributed by atoms with E-state index in [-0.39, 0.29) is 6.54 Å². The summed E-state index contributed by atoms with van der Waals surface area (Å²) in [5.74, 6) is 0.777. The molecule has 1 aromatic carbocycles. The van der Waals surface area contributed by atoms with Crippen molar-refractivity contribution in [3.8, 4) is 11.3 Å². The molecule has 23 heavy (non-hydrogen) atoms. The van der Waals surface area contributed by atoms with Gasteiger partial charge in [-0.3, -0.25) is 0 Å². The number of hydrogen-bond acceptors (Lipinski definition) is 4. The Morgan fingerprint density at radius 1 is 1.13 bits per heavy atom. The molecule has 0 saturated carbocycles. The summed E-state index contributed by atoms with van der Waals surface area (Å²) in [7, 11) is -3.47. The SMILES string of the molecule is O=S(=O)(C=Cc1ccccc1)NCc1cc(-c2ccco2)cs1. The first-order valence-electron chi connectivity index (χ1n) is 6.96. The molecule has 3 rings (SSSR count). The van der Waals surface area contributed by atoms with Crippen molar-refractivity contribution in [2.24, 2.45) is 0 Å². The van der Waals surface area contributed by atoms with Crippen LogP contribution in [0.2, 0.25) is 0 Å². The summed E-state index contributed by atoms with van der Waals surface area (Å²) in [6, 6.07) is 14.9. The topological polar surface area (TPSA) is 59.3 Å². The Morgan fingerprint density at radius 2 is 1.96 bits per heavy atom. The zero-order valence-corrected chi connectivity index (χ0v) is 13.8. The third kappa shape index (κ3) is 4.41. The summed E-state index contributed by atoms with van der Waals surface area (Å²) in [5, 5.41) is 3.13. The van der Waals surface area contributed by atoms with Crippen molar-refractivity contribution in [2.75, 3.05) is 0 Å². The van der Waals surface area contributed by atoms with E-state index in [0.717, 1.165) is 21.8 Å². The number of hydrogen-bond donors (Lipinski definition) is 1. The zero-order chi connectivity index (χ0) is 16.1. The van der Waals surface area contributed by atoms with Crippen LogP contribution in [0.3, 0.4) is 0 Å².